The predicted molar refractivity (Wildman–Crippen MR) is 96.2 cm³/mol. The van der Waals surface area contributed by atoms with E-state index in [0.717, 1.165) is 36.9 Å². The number of nitrogens with zero attached hydrogens (tertiary/aromatic N) is 3. The topological polar surface area (TPSA) is 94.8 Å². The van der Waals surface area contributed by atoms with Crippen LogP contribution in [0.2, 0.25) is 0 Å². The number of methoxy groups -OCH3 is 1. The lowest BCUT2D eigenvalue weighted by molar-refractivity contribution is -1.02. The number of nitrogens with one attached hydrogen (secondary N) is 3. The molecule has 25 heavy (non-hydrogen) atoms. The van der Waals surface area contributed by atoms with Crippen LogP contribution in [0.5, 0.6) is 5.75 Å². The van der Waals surface area contributed by atoms with E-state index in [4.69, 9.17) is 10.5 Å². The first kappa shape index (κ1) is 17.4. The van der Waals surface area contributed by atoms with Crippen LogP contribution in [-0.4, -0.2) is 54.8 Å². The molecular weight excluding hydrogens is 318 g/mol. The van der Waals surface area contributed by atoms with Gasteiger partial charge in [0, 0.05) is 0 Å². The smallest absolute Gasteiger partial charge is 0.232 e. The minimum Gasteiger partial charge on any atom is -0.495 e. The maximum absolute atomic E-state index is 5.89. The monoisotopic (exact) mass is 345 g/mol. The Morgan fingerprint density at radius 1 is 1.08 bits per heavy atom. The molecule has 1 aromatic heterocycles. The molecule has 0 amide bonds. The molecule has 5 N–H and O–H groups in total. The van der Waals surface area contributed by atoms with Gasteiger partial charge in [0.25, 0.3) is 0 Å². The number of nitrogens with two attached hydrogens (primary N) is 1. The van der Waals surface area contributed by atoms with Gasteiger partial charge in [-0.3, -0.25) is 0 Å². The van der Waals surface area contributed by atoms with Crippen LogP contribution in [0, 0.1) is 0 Å². The summed E-state index contributed by atoms with van der Waals surface area (Å²) in [5.41, 5.74) is 6.69. The van der Waals surface area contributed by atoms with Crippen molar-refractivity contribution in [3.05, 3.63) is 30.1 Å². The van der Waals surface area contributed by atoms with Gasteiger partial charge in [0.1, 0.15) is 38.5 Å². The second-order valence-electron chi connectivity index (χ2n) is 6.29. The number of rotatable bonds is 6. The summed E-state index contributed by atoms with van der Waals surface area (Å²) in [4.78, 5) is 16.2. The van der Waals surface area contributed by atoms with E-state index < -0.39 is 0 Å². The molecule has 0 atom stereocenters. The van der Waals surface area contributed by atoms with Crippen molar-refractivity contribution in [2.75, 3.05) is 50.9 Å². The number of para-hydroxylation sites is 2. The van der Waals surface area contributed by atoms with Crippen molar-refractivity contribution in [3.63, 3.8) is 0 Å². The number of quaternary nitrogens is 2. The van der Waals surface area contributed by atoms with Gasteiger partial charge in [0.05, 0.1) is 19.3 Å². The van der Waals surface area contributed by atoms with Gasteiger partial charge in [0.2, 0.25) is 11.9 Å². The number of hydrogen-bond acceptors (Lipinski definition) is 6. The lowest BCUT2D eigenvalue weighted by Gasteiger charge is -2.28. The third kappa shape index (κ3) is 4.55. The Morgan fingerprint density at radius 2 is 1.80 bits per heavy atom. The van der Waals surface area contributed by atoms with E-state index in [1.54, 1.807) is 12.0 Å². The van der Waals surface area contributed by atoms with E-state index >= 15 is 0 Å². The fourth-order valence-corrected chi connectivity index (χ4v) is 3.15. The van der Waals surface area contributed by atoms with E-state index in [1.165, 1.54) is 24.5 Å². The highest BCUT2D eigenvalue weighted by molar-refractivity contribution is 5.62. The first-order valence-corrected chi connectivity index (χ1v) is 8.75. The quantitative estimate of drug-likeness (QED) is 0.510. The van der Waals surface area contributed by atoms with Gasteiger partial charge in [-0.2, -0.15) is 15.0 Å². The molecule has 0 unspecified atom stereocenters. The summed E-state index contributed by atoms with van der Waals surface area (Å²) >= 11 is 0. The zero-order chi connectivity index (χ0) is 17.6. The average molecular weight is 345 g/mol. The van der Waals surface area contributed by atoms with Crippen LogP contribution in [0.25, 0.3) is 0 Å². The maximum atomic E-state index is 5.89. The molecule has 3 rings (SSSR count). The lowest BCUT2D eigenvalue weighted by Crippen LogP contribution is -3.27. The van der Waals surface area contributed by atoms with Crippen molar-refractivity contribution in [2.24, 2.45) is 0 Å². The fraction of sp³-hybridized carbons (Fsp3) is 0.471. The Kier molecular flexibility index (Phi) is 5.62. The molecular formula is C17H27N7O+2. The summed E-state index contributed by atoms with van der Waals surface area (Å²) in [5.74, 6) is 2.14. The summed E-state index contributed by atoms with van der Waals surface area (Å²) in [6, 6.07) is 7.64. The lowest BCUT2D eigenvalue weighted by atomic mass is 10.3. The first-order chi connectivity index (χ1) is 12.2. The zero-order valence-electron chi connectivity index (χ0n) is 14.9. The standard InChI is InChI=1S/C17H25N7O/c1-3-23-8-10-24(11-9-23)12-15-20-16(18)22-17(21-15)19-13-6-4-5-7-14(13)25-2/h4-7H,3,8-12H2,1-2H3,(H3,18,19,20,21,22)/p+2. The Labute approximate surface area is 148 Å². The summed E-state index contributed by atoms with van der Waals surface area (Å²) in [7, 11) is 1.63. The Hall–Kier alpha value is -2.45. The minimum absolute atomic E-state index is 0.236. The van der Waals surface area contributed by atoms with Crippen LogP contribution in [0.1, 0.15) is 12.7 Å². The van der Waals surface area contributed by atoms with Crippen molar-refractivity contribution in [1.29, 1.82) is 0 Å². The van der Waals surface area contributed by atoms with Crippen molar-refractivity contribution in [1.82, 2.24) is 15.0 Å². The van der Waals surface area contributed by atoms with Gasteiger partial charge < -0.3 is 25.6 Å². The third-order valence-corrected chi connectivity index (χ3v) is 4.62. The average Bonchev–Trinajstić information content (AvgIpc) is 2.62. The number of likely N-dealkylation sites (N-methyl/N-ethyl adjacent to an activating group) is 1. The van der Waals surface area contributed by atoms with Crippen LogP contribution in [0.15, 0.2) is 24.3 Å². The molecule has 1 aliphatic rings. The van der Waals surface area contributed by atoms with Crippen LogP contribution in [0.3, 0.4) is 0 Å². The van der Waals surface area contributed by atoms with Crippen molar-refractivity contribution >= 4 is 17.6 Å². The summed E-state index contributed by atoms with van der Waals surface area (Å²) < 4.78 is 5.35. The molecule has 8 heteroatoms. The van der Waals surface area contributed by atoms with Gasteiger partial charge in [-0.15, -0.1) is 0 Å². The summed E-state index contributed by atoms with van der Waals surface area (Å²) in [6.07, 6.45) is 0. The maximum Gasteiger partial charge on any atom is 0.232 e. The molecule has 0 spiro atoms. The van der Waals surface area contributed by atoms with Crippen molar-refractivity contribution in [2.45, 2.75) is 13.5 Å². The molecule has 0 bridgehead atoms. The van der Waals surface area contributed by atoms with Gasteiger partial charge in [-0.25, -0.2) is 0 Å². The van der Waals surface area contributed by atoms with Gasteiger partial charge in [-0.05, 0) is 19.1 Å². The highest BCUT2D eigenvalue weighted by Crippen LogP contribution is 2.25. The molecule has 1 aromatic carbocycles. The van der Waals surface area contributed by atoms with E-state index in [0.29, 0.717) is 5.95 Å². The second kappa shape index (κ2) is 8.09. The number of ether oxygens (including phenoxy) is 1. The van der Waals surface area contributed by atoms with Crippen LogP contribution in [0.4, 0.5) is 17.6 Å². The molecule has 2 heterocycles. The summed E-state index contributed by atoms with van der Waals surface area (Å²) in [6.45, 7) is 8.84. The Bertz CT molecular complexity index is 701. The van der Waals surface area contributed by atoms with E-state index in [2.05, 4.69) is 27.2 Å². The van der Waals surface area contributed by atoms with E-state index in [-0.39, 0.29) is 5.95 Å². The van der Waals surface area contributed by atoms with Crippen molar-refractivity contribution in [3.8, 4) is 5.75 Å². The van der Waals surface area contributed by atoms with E-state index in [9.17, 15) is 0 Å². The highest BCUT2D eigenvalue weighted by Gasteiger charge is 2.23. The number of piperazine rings is 1. The first-order valence-electron chi connectivity index (χ1n) is 8.75. The van der Waals surface area contributed by atoms with Crippen LogP contribution < -0.4 is 25.6 Å². The normalized spacial score (nSPS) is 20.2. The minimum atomic E-state index is 0.236. The molecule has 0 saturated carbocycles. The molecule has 8 nitrogen and oxygen atoms in total. The van der Waals surface area contributed by atoms with Crippen molar-refractivity contribution < 1.29 is 14.5 Å². The largest absolute Gasteiger partial charge is 0.495 e. The number of benzene rings is 1. The van der Waals surface area contributed by atoms with Crippen LogP contribution in [-0.2, 0) is 6.54 Å². The number of anilines is 3. The number of hydrogen-bond donors (Lipinski definition) is 4. The van der Waals surface area contributed by atoms with E-state index in [1.807, 2.05) is 24.3 Å². The Morgan fingerprint density at radius 3 is 2.52 bits per heavy atom. The SMILES string of the molecule is CC[NH+]1CC[NH+](Cc2nc(N)nc(Nc3ccccc3OC)n2)CC1. The second-order valence-corrected chi connectivity index (χ2v) is 6.29. The van der Waals surface area contributed by atoms with Gasteiger partial charge >= 0.3 is 0 Å². The molecule has 2 aromatic rings. The molecule has 1 fully saturated rings. The molecule has 1 aliphatic heterocycles. The third-order valence-electron chi connectivity index (χ3n) is 4.62. The fourth-order valence-electron chi connectivity index (χ4n) is 3.15. The Balaban J connectivity index is 1.70. The highest BCUT2D eigenvalue weighted by atomic mass is 16.5. The molecule has 134 valence electrons. The van der Waals surface area contributed by atoms with Gasteiger partial charge in [-0.1, -0.05) is 12.1 Å². The molecule has 0 radical (unpaired) electrons. The van der Waals surface area contributed by atoms with Crippen LogP contribution >= 0.6 is 0 Å². The molecule has 0 aliphatic carbocycles. The predicted octanol–water partition coefficient (Wildman–Crippen LogP) is -1.49. The number of nitrogen functional groups attached to an aromatic ring is 1. The zero-order valence-corrected chi connectivity index (χ0v) is 14.9. The molecule has 1 saturated heterocycles. The summed E-state index contributed by atoms with van der Waals surface area (Å²) in [5, 5.41) is 3.18. The van der Waals surface area contributed by atoms with Gasteiger partial charge in [0.15, 0.2) is 5.82 Å². The number of aromatic nitrogens is 3.